The molecule has 28 heavy (non-hydrogen) atoms. The first-order chi connectivity index (χ1) is 12.7. The van der Waals surface area contributed by atoms with Crippen molar-refractivity contribution < 1.29 is 13.2 Å². The van der Waals surface area contributed by atoms with Crippen molar-refractivity contribution in [1.29, 1.82) is 0 Å². The second kappa shape index (κ2) is 14.0. The molecule has 0 aliphatic heterocycles. The minimum Gasteiger partial charge on any atom is -0.356 e. The minimum absolute atomic E-state index is 0. The van der Waals surface area contributed by atoms with Crippen LogP contribution in [0.5, 0.6) is 0 Å². The molecule has 8 nitrogen and oxygen atoms in total. The van der Waals surface area contributed by atoms with Gasteiger partial charge < -0.3 is 15.5 Å². The van der Waals surface area contributed by atoms with Gasteiger partial charge in [-0.25, -0.2) is 18.5 Å². The van der Waals surface area contributed by atoms with Gasteiger partial charge in [0, 0.05) is 20.6 Å². The Kier molecular flexibility index (Phi) is 13.5. The summed E-state index contributed by atoms with van der Waals surface area (Å²) in [6, 6.07) is 6.26. The molecule has 0 radical (unpaired) electrons. The third kappa shape index (κ3) is 11.1. The largest absolute Gasteiger partial charge is 0.356 e. The molecule has 0 aromatic heterocycles. The maximum absolute atomic E-state index is 11.8. The highest BCUT2D eigenvalue weighted by Crippen LogP contribution is 2.09. The Labute approximate surface area is 189 Å². The molecule has 0 aliphatic rings. The van der Waals surface area contributed by atoms with Gasteiger partial charge in [0.2, 0.25) is 15.9 Å². The monoisotopic (exact) mass is 543 g/mol. The van der Waals surface area contributed by atoms with E-state index in [0.29, 0.717) is 12.5 Å². The zero-order chi connectivity index (χ0) is 20.3. The zero-order valence-corrected chi connectivity index (χ0v) is 20.4. The van der Waals surface area contributed by atoms with Gasteiger partial charge in [0.05, 0.1) is 18.0 Å². The number of nitrogens with zero attached hydrogens (tertiary/aromatic N) is 2. The topological polar surface area (TPSA) is 117 Å². The van der Waals surface area contributed by atoms with Crippen LogP contribution in [0.3, 0.4) is 0 Å². The number of rotatable bonds is 10. The molecule has 1 rings (SSSR count). The quantitative estimate of drug-likeness (QED) is 0.177. The van der Waals surface area contributed by atoms with Gasteiger partial charge in [-0.2, -0.15) is 11.8 Å². The van der Waals surface area contributed by atoms with Gasteiger partial charge in [-0.1, -0.05) is 12.1 Å². The lowest BCUT2D eigenvalue weighted by atomic mass is 10.2. The average molecular weight is 543 g/mol. The molecular formula is C17H30IN5O3S2. The first-order valence-corrected chi connectivity index (χ1v) is 11.5. The number of guanidine groups is 1. The lowest BCUT2D eigenvalue weighted by Gasteiger charge is -2.15. The molecule has 1 aromatic carbocycles. The van der Waals surface area contributed by atoms with Crippen molar-refractivity contribution >= 4 is 57.6 Å². The molecule has 0 bridgehead atoms. The number of nitrogens with two attached hydrogens (primary N) is 1. The van der Waals surface area contributed by atoms with E-state index in [1.54, 1.807) is 26.2 Å². The second-order valence-corrected chi connectivity index (χ2v) is 8.67. The van der Waals surface area contributed by atoms with Crippen LogP contribution in [0.15, 0.2) is 34.2 Å². The number of sulfonamides is 1. The van der Waals surface area contributed by atoms with Crippen molar-refractivity contribution in [3.05, 3.63) is 29.8 Å². The second-order valence-electron chi connectivity index (χ2n) is 6.12. The number of halogens is 1. The number of hydrogen-bond acceptors (Lipinski definition) is 5. The van der Waals surface area contributed by atoms with Gasteiger partial charge >= 0.3 is 0 Å². The Morgan fingerprint density at radius 3 is 2.36 bits per heavy atom. The predicted molar refractivity (Wildman–Crippen MR) is 127 cm³/mol. The van der Waals surface area contributed by atoms with E-state index in [9.17, 15) is 13.2 Å². The van der Waals surface area contributed by atoms with Crippen molar-refractivity contribution in [2.45, 2.75) is 24.3 Å². The summed E-state index contributed by atoms with van der Waals surface area (Å²) < 4.78 is 22.6. The number of thioether (sulfide) groups is 1. The van der Waals surface area contributed by atoms with Crippen LogP contribution >= 0.6 is 35.7 Å². The summed E-state index contributed by atoms with van der Waals surface area (Å²) in [5.74, 6) is 1.60. The van der Waals surface area contributed by atoms with Crippen LogP contribution in [0.25, 0.3) is 0 Å². The lowest BCUT2D eigenvalue weighted by molar-refractivity contribution is -0.127. The summed E-state index contributed by atoms with van der Waals surface area (Å²) in [6.45, 7) is 1.25. The van der Waals surface area contributed by atoms with Gasteiger partial charge in [0.25, 0.3) is 0 Å². The molecule has 0 unspecified atom stereocenters. The van der Waals surface area contributed by atoms with E-state index in [4.69, 9.17) is 5.14 Å². The minimum atomic E-state index is -3.70. The maximum atomic E-state index is 11.8. The number of primary sulfonamides is 1. The number of aliphatic imine (C=N–C) groups is 1. The van der Waals surface area contributed by atoms with Crippen LogP contribution in [0.1, 0.15) is 18.4 Å². The smallest absolute Gasteiger partial charge is 0.241 e. The van der Waals surface area contributed by atoms with E-state index < -0.39 is 10.0 Å². The van der Waals surface area contributed by atoms with Gasteiger partial charge in [-0.05, 0) is 42.5 Å². The molecule has 0 fully saturated rings. The third-order valence-corrected chi connectivity index (χ3v) is 5.27. The summed E-state index contributed by atoms with van der Waals surface area (Å²) in [7, 11) is -0.305. The highest BCUT2D eigenvalue weighted by atomic mass is 127. The Morgan fingerprint density at radius 1 is 1.18 bits per heavy atom. The van der Waals surface area contributed by atoms with Gasteiger partial charge in [-0.3, -0.25) is 4.79 Å². The number of unbranched alkanes of at least 4 members (excludes halogenated alkanes) is 1. The predicted octanol–water partition coefficient (Wildman–Crippen LogP) is 1.22. The molecule has 0 spiro atoms. The van der Waals surface area contributed by atoms with E-state index in [-0.39, 0.29) is 41.3 Å². The summed E-state index contributed by atoms with van der Waals surface area (Å²) in [6.07, 6.45) is 4.19. The summed E-state index contributed by atoms with van der Waals surface area (Å²) >= 11 is 1.81. The Balaban J connectivity index is 0.00000729. The van der Waals surface area contributed by atoms with Crippen LogP contribution in [-0.2, 0) is 21.4 Å². The molecule has 0 aliphatic carbocycles. The van der Waals surface area contributed by atoms with E-state index in [2.05, 4.69) is 21.9 Å². The standard InChI is InChI=1S/C17H29N5O3S2.HI/c1-22(2)16(23)13-21-17(19-10-4-5-11-26-3)20-12-14-6-8-15(9-7-14)27(18,24)25;/h6-9H,4-5,10-13H2,1-3H3,(H2,18,24,25)(H2,19,20,21);1H. The number of benzene rings is 1. The van der Waals surface area contributed by atoms with Crippen molar-refractivity contribution in [2.75, 3.05) is 39.2 Å². The van der Waals surface area contributed by atoms with Crippen LogP contribution in [-0.4, -0.2) is 64.4 Å². The molecule has 1 aromatic rings. The van der Waals surface area contributed by atoms with Crippen LogP contribution in [0.4, 0.5) is 0 Å². The molecule has 0 atom stereocenters. The van der Waals surface area contributed by atoms with Crippen molar-refractivity contribution in [2.24, 2.45) is 10.1 Å². The van der Waals surface area contributed by atoms with Gasteiger partial charge in [0.15, 0.2) is 5.96 Å². The Hall–Kier alpha value is -1.05. The summed E-state index contributed by atoms with van der Waals surface area (Å²) in [4.78, 5) is 17.8. The van der Waals surface area contributed by atoms with Crippen LogP contribution in [0.2, 0.25) is 0 Å². The first kappa shape index (κ1) is 27.0. The van der Waals surface area contributed by atoms with Gasteiger partial charge in [-0.15, -0.1) is 24.0 Å². The van der Waals surface area contributed by atoms with Crippen molar-refractivity contribution in [3.8, 4) is 0 Å². The highest BCUT2D eigenvalue weighted by molar-refractivity contribution is 14.0. The normalized spacial score (nSPS) is 11.5. The first-order valence-electron chi connectivity index (χ1n) is 8.57. The van der Waals surface area contributed by atoms with Crippen molar-refractivity contribution in [3.63, 3.8) is 0 Å². The maximum Gasteiger partial charge on any atom is 0.241 e. The number of carbonyl (C=O) groups excluding carboxylic acids is 1. The van der Waals surface area contributed by atoms with E-state index >= 15 is 0 Å². The SMILES string of the molecule is CSCCCCNC(=NCc1ccc(S(N)(=O)=O)cc1)NCC(=O)N(C)C.I. The number of nitrogens with one attached hydrogen (secondary N) is 2. The molecule has 160 valence electrons. The Bertz CT molecular complexity index is 725. The highest BCUT2D eigenvalue weighted by Gasteiger charge is 2.08. The number of likely N-dealkylation sites (N-methyl/N-ethyl adjacent to an activating group) is 1. The molecule has 0 heterocycles. The summed E-state index contributed by atoms with van der Waals surface area (Å²) in [5.41, 5.74) is 0.838. The van der Waals surface area contributed by atoms with Gasteiger partial charge in [0.1, 0.15) is 0 Å². The summed E-state index contributed by atoms with van der Waals surface area (Å²) in [5, 5.41) is 11.3. The number of carbonyl (C=O) groups is 1. The molecule has 4 N–H and O–H groups in total. The lowest BCUT2D eigenvalue weighted by Crippen LogP contribution is -2.43. The van der Waals surface area contributed by atoms with E-state index in [1.807, 2.05) is 11.8 Å². The van der Waals surface area contributed by atoms with E-state index in [1.165, 1.54) is 17.0 Å². The molecule has 1 amide bonds. The number of hydrogen-bond donors (Lipinski definition) is 3. The zero-order valence-electron chi connectivity index (χ0n) is 16.5. The molecule has 11 heteroatoms. The fourth-order valence-electron chi connectivity index (χ4n) is 2.02. The molecular weight excluding hydrogens is 513 g/mol. The number of amides is 1. The van der Waals surface area contributed by atoms with Crippen molar-refractivity contribution in [1.82, 2.24) is 15.5 Å². The fourth-order valence-corrected chi connectivity index (χ4v) is 3.03. The average Bonchev–Trinajstić information content (AvgIpc) is 2.62. The Morgan fingerprint density at radius 2 is 1.82 bits per heavy atom. The molecule has 0 saturated carbocycles. The van der Waals surface area contributed by atoms with Crippen LogP contribution in [0, 0.1) is 0 Å². The third-order valence-electron chi connectivity index (χ3n) is 3.65. The van der Waals surface area contributed by atoms with Crippen LogP contribution < -0.4 is 15.8 Å². The van der Waals surface area contributed by atoms with E-state index in [0.717, 1.165) is 30.7 Å². The fraction of sp³-hybridized carbons (Fsp3) is 0.529. The molecule has 0 saturated heterocycles.